The van der Waals surface area contributed by atoms with Gasteiger partial charge >= 0.3 is 0 Å². The van der Waals surface area contributed by atoms with Crippen LogP contribution in [-0.4, -0.2) is 39.2 Å². The lowest BCUT2D eigenvalue weighted by Gasteiger charge is -2.34. The molecule has 128 valence electrons. The van der Waals surface area contributed by atoms with Gasteiger partial charge in [-0.2, -0.15) is 0 Å². The molecule has 0 fully saturated rings. The number of hydrogen-bond donors (Lipinski definition) is 1. The zero-order valence-corrected chi connectivity index (χ0v) is 15.7. The molecule has 7 heteroatoms. The molecule has 0 aliphatic carbocycles. The van der Waals surface area contributed by atoms with Crippen LogP contribution < -0.4 is 5.32 Å². The van der Waals surface area contributed by atoms with Crippen LogP contribution in [-0.2, 0) is 9.84 Å². The van der Waals surface area contributed by atoms with E-state index in [-0.39, 0.29) is 17.5 Å². The average Bonchev–Trinajstić information content (AvgIpc) is 2.87. The monoisotopic (exact) mass is 412 g/mol. The molecule has 1 aromatic rings. The van der Waals surface area contributed by atoms with Crippen molar-refractivity contribution in [1.29, 1.82) is 0 Å². The maximum Gasteiger partial charge on any atom is 0.177 e. The summed E-state index contributed by atoms with van der Waals surface area (Å²) in [6.07, 6.45) is 1.39. The summed E-state index contributed by atoms with van der Waals surface area (Å²) in [4.78, 5) is 2.65. The van der Waals surface area contributed by atoms with Gasteiger partial charge in [0.2, 0.25) is 0 Å². The predicted molar refractivity (Wildman–Crippen MR) is 94.5 cm³/mol. The first kappa shape index (κ1) is 16.3. The molecule has 1 unspecified atom stereocenters. The number of nitrogens with zero attached hydrogens (tertiary/aromatic N) is 1. The summed E-state index contributed by atoms with van der Waals surface area (Å²) in [6, 6.07) is 4.81. The molecule has 3 aliphatic rings. The molecule has 1 atom stereocenters. The van der Waals surface area contributed by atoms with E-state index in [1.54, 1.807) is 12.1 Å². The van der Waals surface area contributed by atoms with Gasteiger partial charge in [0.15, 0.2) is 9.84 Å². The number of hydrogen-bond acceptors (Lipinski definition) is 4. The number of likely N-dealkylation sites (N-methyl/N-ethyl adjacent to an activating group) is 1. The van der Waals surface area contributed by atoms with Gasteiger partial charge in [-0.05, 0) is 59.1 Å². The summed E-state index contributed by atoms with van der Waals surface area (Å²) in [6.45, 7) is 1.50. The molecular formula is C17H18BrFN2O2S. The molecule has 3 aliphatic heterocycles. The van der Waals surface area contributed by atoms with Gasteiger partial charge in [0.1, 0.15) is 5.82 Å². The standard InChI is InChI=1S/C17H18BrFN2O2S/c1-21-8-11-15(9-21)20-14-3-2-6-24(22,23)17(14)16(11)10-4-5-13(19)12(18)7-10/h4-5,7,16,20H,2-3,6,8-9H2,1H3. The normalized spacial score (nSPS) is 26.2. The molecule has 0 radical (unpaired) electrons. The van der Waals surface area contributed by atoms with E-state index >= 15 is 0 Å². The van der Waals surface area contributed by atoms with Crippen molar-refractivity contribution in [2.75, 3.05) is 25.9 Å². The van der Waals surface area contributed by atoms with Crippen LogP contribution in [0.15, 0.2) is 44.5 Å². The number of nitrogens with one attached hydrogen (secondary N) is 1. The quantitative estimate of drug-likeness (QED) is 0.770. The molecule has 0 aromatic heterocycles. The van der Waals surface area contributed by atoms with Crippen molar-refractivity contribution in [3.8, 4) is 0 Å². The molecule has 1 N–H and O–H groups in total. The van der Waals surface area contributed by atoms with E-state index in [0.717, 1.165) is 35.5 Å². The molecule has 0 bridgehead atoms. The first-order chi connectivity index (χ1) is 11.4. The van der Waals surface area contributed by atoms with Crippen LogP contribution >= 0.6 is 15.9 Å². The lowest BCUT2D eigenvalue weighted by molar-refractivity contribution is 0.419. The molecule has 0 amide bonds. The summed E-state index contributed by atoms with van der Waals surface area (Å²) < 4.78 is 39.6. The highest BCUT2D eigenvalue weighted by Gasteiger charge is 2.42. The Kier molecular flexibility index (Phi) is 3.85. The van der Waals surface area contributed by atoms with Crippen LogP contribution in [0.25, 0.3) is 0 Å². The third kappa shape index (κ3) is 2.53. The Morgan fingerprint density at radius 3 is 2.83 bits per heavy atom. The number of halogens is 2. The first-order valence-electron chi connectivity index (χ1n) is 7.95. The highest BCUT2D eigenvalue weighted by Crippen LogP contribution is 2.46. The molecule has 0 spiro atoms. The Morgan fingerprint density at radius 1 is 1.29 bits per heavy atom. The molecule has 0 saturated heterocycles. The first-order valence-corrected chi connectivity index (χ1v) is 10.4. The fourth-order valence-corrected chi connectivity index (χ4v) is 6.23. The molecule has 3 heterocycles. The Bertz CT molecular complexity index is 892. The van der Waals surface area contributed by atoms with E-state index in [4.69, 9.17) is 0 Å². The smallest absolute Gasteiger partial charge is 0.177 e. The fourth-order valence-electron chi connectivity index (χ4n) is 3.92. The van der Waals surface area contributed by atoms with E-state index in [9.17, 15) is 12.8 Å². The number of allylic oxidation sites excluding steroid dienone is 2. The van der Waals surface area contributed by atoms with Gasteiger partial charge in [0, 0.05) is 30.4 Å². The van der Waals surface area contributed by atoms with Gasteiger partial charge < -0.3 is 5.32 Å². The zero-order valence-electron chi connectivity index (χ0n) is 13.3. The van der Waals surface area contributed by atoms with E-state index in [0.29, 0.717) is 22.3 Å². The summed E-state index contributed by atoms with van der Waals surface area (Å²) in [5, 5.41) is 3.38. The van der Waals surface area contributed by atoms with E-state index in [2.05, 4.69) is 26.1 Å². The van der Waals surface area contributed by atoms with Crippen molar-refractivity contribution >= 4 is 25.8 Å². The molecule has 4 rings (SSSR count). The Balaban J connectivity index is 1.92. The highest BCUT2D eigenvalue weighted by atomic mass is 79.9. The van der Waals surface area contributed by atoms with Gasteiger partial charge in [-0.3, -0.25) is 4.90 Å². The SMILES string of the molecule is CN1CC2=C(C1)C(c1ccc(F)c(Br)c1)C1=C(CCCS1(=O)=O)N2. The predicted octanol–water partition coefficient (Wildman–Crippen LogP) is 2.89. The summed E-state index contributed by atoms with van der Waals surface area (Å²) in [7, 11) is -1.29. The van der Waals surface area contributed by atoms with Crippen molar-refractivity contribution in [2.45, 2.75) is 18.8 Å². The molecule has 0 saturated carbocycles. The summed E-state index contributed by atoms with van der Waals surface area (Å²) >= 11 is 3.23. The average molecular weight is 413 g/mol. The van der Waals surface area contributed by atoms with Crippen LogP contribution in [0.1, 0.15) is 24.3 Å². The number of dihydropyridines is 1. The number of rotatable bonds is 1. The lowest BCUT2D eigenvalue weighted by atomic mass is 9.86. The second-order valence-corrected chi connectivity index (χ2v) is 9.60. The van der Waals surface area contributed by atoms with Crippen molar-refractivity contribution < 1.29 is 12.8 Å². The highest BCUT2D eigenvalue weighted by molar-refractivity contribution is 9.10. The minimum absolute atomic E-state index is 0.185. The van der Waals surface area contributed by atoms with E-state index in [1.807, 2.05) is 7.05 Å². The minimum atomic E-state index is -3.30. The van der Waals surface area contributed by atoms with Gasteiger partial charge in [0.25, 0.3) is 0 Å². The molecule has 24 heavy (non-hydrogen) atoms. The van der Waals surface area contributed by atoms with Crippen molar-refractivity contribution in [3.05, 3.63) is 55.9 Å². The van der Waals surface area contributed by atoms with Crippen LogP contribution in [0, 0.1) is 5.82 Å². The van der Waals surface area contributed by atoms with Gasteiger partial charge in [0.05, 0.1) is 15.1 Å². The topological polar surface area (TPSA) is 49.4 Å². The second-order valence-electron chi connectivity index (χ2n) is 6.67. The van der Waals surface area contributed by atoms with Crippen LogP contribution in [0.3, 0.4) is 0 Å². The van der Waals surface area contributed by atoms with Crippen molar-refractivity contribution in [1.82, 2.24) is 10.2 Å². The lowest BCUT2D eigenvalue weighted by Crippen LogP contribution is -2.33. The Labute approximate surface area is 149 Å². The largest absolute Gasteiger partial charge is 0.360 e. The van der Waals surface area contributed by atoms with Crippen LogP contribution in [0.4, 0.5) is 4.39 Å². The van der Waals surface area contributed by atoms with E-state index in [1.165, 1.54) is 6.07 Å². The summed E-state index contributed by atoms with van der Waals surface area (Å²) in [5.41, 5.74) is 3.82. The molecule has 1 aromatic carbocycles. The van der Waals surface area contributed by atoms with Crippen molar-refractivity contribution in [2.24, 2.45) is 0 Å². The van der Waals surface area contributed by atoms with Gasteiger partial charge in [-0.15, -0.1) is 0 Å². The minimum Gasteiger partial charge on any atom is -0.360 e. The second kappa shape index (κ2) is 5.68. The third-order valence-electron chi connectivity index (χ3n) is 4.92. The maximum atomic E-state index is 13.7. The maximum absolute atomic E-state index is 13.7. The molecular weight excluding hydrogens is 395 g/mol. The number of sulfone groups is 1. The van der Waals surface area contributed by atoms with Gasteiger partial charge in [-0.25, -0.2) is 12.8 Å². The number of benzene rings is 1. The summed E-state index contributed by atoms with van der Waals surface area (Å²) in [5.74, 6) is -0.472. The van der Waals surface area contributed by atoms with Crippen molar-refractivity contribution in [3.63, 3.8) is 0 Å². The Hall–Kier alpha value is -1.18. The fraction of sp³-hybridized carbons (Fsp3) is 0.412. The zero-order chi connectivity index (χ0) is 17.1. The molecule has 4 nitrogen and oxygen atoms in total. The van der Waals surface area contributed by atoms with Gasteiger partial charge in [-0.1, -0.05) is 6.07 Å². The van der Waals surface area contributed by atoms with E-state index < -0.39 is 9.84 Å². The van der Waals surface area contributed by atoms with Crippen LogP contribution in [0.5, 0.6) is 0 Å². The third-order valence-corrected chi connectivity index (χ3v) is 7.50. The Morgan fingerprint density at radius 2 is 2.08 bits per heavy atom. The van der Waals surface area contributed by atoms with Crippen LogP contribution in [0.2, 0.25) is 0 Å².